The molecule has 1 aromatic carbocycles. The van der Waals surface area contributed by atoms with Crippen molar-refractivity contribution in [3.63, 3.8) is 0 Å². The van der Waals surface area contributed by atoms with Crippen molar-refractivity contribution in [1.82, 2.24) is 5.32 Å². The van der Waals surface area contributed by atoms with Crippen LogP contribution in [-0.2, 0) is 6.42 Å². The molecule has 1 saturated heterocycles. The first-order valence-electron chi connectivity index (χ1n) is 7.12. The van der Waals surface area contributed by atoms with Gasteiger partial charge in [0.1, 0.15) is 13.2 Å². The zero-order valence-corrected chi connectivity index (χ0v) is 12.9. The largest absolute Gasteiger partial charge is 0.486 e. The second-order valence-corrected chi connectivity index (χ2v) is 6.01. The molecule has 0 unspecified atom stereocenters. The summed E-state index contributed by atoms with van der Waals surface area (Å²) in [5.74, 6) is 2.50. The molecule has 0 aromatic heterocycles. The van der Waals surface area contributed by atoms with Gasteiger partial charge in [-0.05, 0) is 49.9 Å². The number of hydrogen-bond acceptors (Lipinski definition) is 3. The fourth-order valence-electron chi connectivity index (χ4n) is 3.14. The van der Waals surface area contributed by atoms with Crippen molar-refractivity contribution in [2.24, 2.45) is 0 Å². The third-order valence-electron chi connectivity index (χ3n) is 4.03. The molecule has 1 fully saturated rings. The van der Waals surface area contributed by atoms with E-state index in [-0.39, 0.29) is 0 Å². The summed E-state index contributed by atoms with van der Waals surface area (Å²) in [7, 11) is 0. The maximum Gasteiger partial charge on any atom is 0.164 e. The molecule has 2 aliphatic heterocycles. The Labute approximate surface area is 122 Å². The topological polar surface area (TPSA) is 30.5 Å². The molecule has 0 amide bonds. The van der Waals surface area contributed by atoms with Gasteiger partial charge in [0.25, 0.3) is 0 Å². The summed E-state index contributed by atoms with van der Waals surface area (Å²) in [6.07, 6.45) is 3.39. The van der Waals surface area contributed by atoms with Crippen LogP contribution in [0.25, 0.3) is 0 Å². The molecule has 3 rings (SSSR count). The smallest absolute Gasteiger partial charge is 0.164 e. The molecule has 1 N–H and O–H groups in total. The normalized spacial score (nSPS) is 19.5. The van der Waals surface area contributed by atoms with Crippen LogP contribution in [0, 0.1) is 0 Å². The maximum absolute atomic E-state index is 5.87. The maximum atomic E-state index is 5.87. The van der Waals surface area contributed by atoms with E-state index >= 15 is 0 Å². The molecular weight excluding hydrogens is 306 g/mol. The molecule has 104 valence electrons. The molecule has 2 aliphatic rings. The van der Waals surface area contributed by atoms with Gasteiger partial charge in [-0.1, -0.05) is 22.9 Å². The third-order valence-corrected chi connectivity index (χ3v) is 4.68. The summed E-state index contributed by atoms with van der Waals surface area (Å²) in [6, 6.07) is 2.09. The number of hydrogen-bond donors (Lipinski definition) is 1. The summed E-state index contributed by atoms with van der Waals surface area (Å²) in [6.45, 7) is 5.72. The van der Waals surface area contributed by atoms with Crippen LogP contribution in [0.5, 0.6) is 11.5 Å². The van der Waals surface area contributed by atoms with Gasteiger partial charge in [0.05, 0.1) is 0 Å². The van der Waals surface area contributed by atoms with Gasteiger partial charge < -0.3 is 14.8 Å². The highest BCUT2D eigenvalue weighted by Crippen LogP contribution is 2.44. The molecule has 0 radical (unpaired) electrons. The lowest BCUT2D eigenvalue weighted by Gasteiger charge is -2.29. The molecule has 0 aliphatic carbocycles. The Hall–Kier alpha value is -0.740. The van der Waals surface area contributed by atoms with Crippen molar-refractivity contribution >= 4 is 15.9 Å². The predicted octanol–water partition coefficient (Wildman–Crippen LogP) is 3.25. The van der Waals surface area contributed by atoms with E-state index in [1.165, 1.54) is 28.4 Å². The van der Waals surface area contributed by atoms with Gasteiger partial charge in [-0.15, -0.1) is 0 Å². The molecule has 0 saturated carbocycles. The fourth-order valence-corrected chi connectivity index (χ4v) is 3.91. The molecule has 19 heavy (non-hydrogen) atoms. The van der Waals surface area contributed by atoms with Crippen LogP contribution in [0.3, 0.4) is 0 Å². The quantitative estimate of drug-likeness (QED) is 0.905. The van der Waals surface area contributed by atoms with Crippen LogP contribution in [0.4, 0.5) is 0 Å². The molecular formula is C15H20BrNO2. The van der Waals surface area contributed by atoms with Crippen LogP contribution in [0.1, 0.15) is 36.8 Å². The third kappa shape index (κ3) is 2.48. The van der Waals surface area contributed by atoms with Crippen LogP contribution >= 0.6 is 15.9 Å². The number of nitrogens with one attached hydrogen (secondary N) is 1. The Morgan fingerprint density at radius 2 is 2.00 bits per heavy atom. The second-order valence-electron chi connectivity index (χ2n) is 5.15. The van der Waals surface area contributed by atoms with Crippen LogP contribution in [0.2, 0.25) is 0 Å². The van der Waals surface area contributed by atoms with E-state index in [2.05, 4.69) is 34.2 Å². The van der Waals surface area contributed by atoms with Gasteiger partial charge in [0.2, 0.25) is 0 Å². The first-order chi connectivity index (χ1) is 9.31. The molecule has 3 nitrogen and oxygen atoms in total. The van der Waals surface area contributed by atoms with Gasteiger partial charge >= 0.3 is 0 Å². The van der Waals surface area contributed by atoms with E-state index in [0.29, 0.717) is 19.1 Å². The lowest BCUT2D eigenvalue weighted by atomic mass is 9.85. The Morgan fingerprint density at radius 3 is 2.74 bits per heavy atom. The van der Waals surface area contributed by atoms with Crippen molar-refractivity contribution in [2.75, 3.05) is 26.3 Å². The van der Waals surface area contributed by atoms with E-state index < -0.39 is 0 Å². The van der Waals surface area contributed by atoms with E-state index in [0.717, 1.165) is 31.0 Å². The van der Waals surface area contributed by atoms with E-state index in [1.807, 2.05) is 0 Å². The zero-order valence-electron chi connectivity index (χ0n) is 11.3. The first-order valence-corrected chi connectivity index (χ1v) is 7.92. The fraction of sp³-hybridized carbons (Fsp3) is 0.600. The van der Waals surface area contributed by atoms with Crippen molar-refractivity contribution < 1.29 is 9.47 Å². The SMILES string of the molecule is CCc1c2c(cc(Br)c1C1CCNCC1)OCCO2. The highest BCUT2D eigenvalue weighted by atomic mass is 79.9. The van der Waals surface area contributed by atoms with Crippen LogP contribution in [0.15, 0.2) is 10.5 Å². The summed E-state index contributed by atoms with van der Waals surface area (Å²) < 4.78 is 12.8. The molecule has 0 bridgehead atoms. The standard InChI is InChI=1S/C15H20BrNO2/c1-2-11-14(10-3-5-17-6-4-10)12(16)9-13-15(11)19-8-7-18-13/h9-10,17H,2-8H2,1H3. The average molecular weight is 326 g/mol. The summed E-state index contributed by atoms with van der Waals surface area (Å²) >= 11 is 3.75. The minimum atomic E-state index is 0.626. The average Bonchev–Trinajstić information content (AvgIpc) is 2.46. The monoisotopic (exact) mass is 325 g/mol. The van der Waals surface area contributed by atoms with Gasteiger partial charge in [-0.3, -0.25) is 0 Å². The minimum absolute atomic E-state index is 0.626. The number of ether oxygens (including phenoxy) is 2. The highest BCUT2D eigenvalue weighted by Gasteiger charge is 2.26. The minimum Gasteiger partial charge on any atom is -0.486 e. The molecule has 2 heterocycles. The molecule has 4 heteroatoms. The Morgan fingerprint density at radius 1 is 1.26 bits per heavy atom. The second kappa shape index (κ2) is 5.71. The van der Waals surface area contributed by atoms with E-state index in [4.69, 9.17) is 9.47 Å². The van der Waals surface area contributed by atoms with E-state index in [1.54, 1.807) is 0 Å². The highest BCUT2D eigenvalue weighted by molar-refractivity contribution is 9.10. The van der Waals surface area contributed by atoms with Crippen molar-refractivity contribution in [3.8, 4) is 11.5 Å². The number of benzene rings is 1. The van der Waals surface area contributed by atoms with Gasteiger partial charge in [0, 0.05) is 10.0 Å². The number of halogens is 1. The van der Waals surface area contributed by atoms with Crippen molar-refractivity contribution in [3.05, 3.63) is 21.7 Å². The first kappa shape index (κ1) is 13.3. The van der Waals surface area contributed by atoms with Gasteiger partial charge in [-0.25, -0.2) is 0 Å². The van der Waals surface area contributed by atoms with E-state index in [9.17, 15) is 0 Å². The Bertz CT molecular complexity index is 470. The molecule has 0 atom stereocenters. The predicted molar refractivity (Wildman–Crippen MR) is 79.4 cm³/mol. The lowest BCUT2D eigenvalue weighted by molar-refractivity contribution is 0.169. The summed E-state index contributed by atoms with van der Waals surface area (Å²) in [5.41, 5.74) is 2.77. The Kier molecular flexibility index (Phi) is 3.99. The Balaban J connectivity index is 2.06. The zero-order chi connectivity index (χ0) is 13.2. The lowest BCUT2D eigenvalue weighted by Crippen LogP contribution is -2.27. The summed E-state index contributed by atoms with van der Waals surface area (Å²) in [4.78, 5) is 0. The molecule has 1 aromatic rings. The van der Waals surface area contributed by atoms with Crippen LogP contribution in [-0.4, -0.2) is 26.3 Å². The van der Waals surface area contributed by atoms with Crippen molar-refractivity contribution in [2.45, 2.75) is 32.1 Å². The van der Waals surface area contributed by atoms with Gasteiger partial charge in [-0.2, -0.15) is 0 Å². The van der Waals surface area contributed by atoms with Crippen LogP contribution < -0.4 is 14.8 Å². The number of piperidine rings is 1. The summed E-state index contributed by atoms with van der Waals surface area (Å²) in [5, 5.41) is 3.43. The van der Waals surface area contributed by atoms with Crippen molar-refractivity contribution in [1.29, 1.82) is 0 Å². The molecule has 0 spiro atoms. The number of rotatable bonds is 2. The van der Waals surface area contributed by atoms with Gasteiger partial charge in [0.15, 0.2) is 11.5 Å². The number of fused-ring (bicyclic) bond motifs is 1.